The molecule has 2 amide bonds. The molecular weight excluding hydrogens is 269 g/mol. The Labute approximate surface area is 115 Å². The number of hydrogen-bond donors (Lipinski definition) is 1. The molecule has 1 aliphatic heterocycles. The number of hydrogen-bond acceptors (Lipinski definition) is 1. The summed E-state index contributed by atoms with van der Waals surface area (Å²) in [7, 11) is 0. The van der Waals surface area contributed by atoms with Gasteiger partial charge in [0, 0.05) is 18.3 Å². The van der Waals surface area contributed by atoms with Crippen LogP contribution in [0.1, 0.15) is 31.7 Å². The summed E-state index contributed by atoms with van der Waals surface area (Å²) in [5, 5.41) is 2.64. The second-order valence-corrected chi connectivity index (χ2v) is 5.04. The molecule has 0 unspecified atom stereocenters. The van der Waals surface area contributed by atoms with Gasteiger partial charge in [-0.15, -0.1) is 0 Å². The predicted molar refractivity (Wildman–Crippen MR) is 70.5 cm³/mol. The van der Waals surface area contributed by atoms with Crippen molar-refractivity contribution in [1.29, 1.82) is 0 Å². The smallest absolute Gasteiger partial charge is 0.322 e. The molecule has 1 fully saturated rings. The van der Waals surface area contributed by atoms with Gasteiger partial charge in [0.05, 0.1) is 5.56 Å². The molecule has 1 aliphatic rings. The number of nitrogens with zero attached hydrogens (tertiary/aromatic N) is 1. The van der Waals surface area contributed by atoms with Gasteiger partial charge in [-0.25, -0.2) is 4.79 Å². The van der Waals surface area contributed by atoms with Crippen molar-refractivity contribution in [3.8, 4) is 0 Å². The summed E-state index contributed by atoms with van der Waals surface area (Å²) in [5.74, 6) is 0. The number of anilines is 1. The summed E-state index contributed by atoms with van der Waals surface area (Å²) < 4.78 is 37.3. The molecule has 1 atom stereocenters. The van der Waals surface area contributed by atoms with Gasteiger partial charge in [-0.2, -0.15) is 13.2 Å². The molecule has 0 radical (unpaired) electrons. The maximum Gasteiger partial charge on any atom is 0.416 e. The third-order valence-electron chi connectivity index (χ3n) is 3.53. The molecule has 20 heavy (non-hydrogen) atoms. The lowest BCUT2D eigenvalue weighted by Crippen LogP contribution is -2.44. The van der Waals surface area contributed by atoms with E-state index in [1.807, 2.05) is 6.92 Å². The van der Waals surface area contributed by atoms with Gasteiger partial charge in [0.25, 0.3) is 0 Å². The lowest BCUT2D eigenvalue weighted by Gasteiger charge is -2.33. The fourth-order valence-electron chi connectivity index (χ4n) is 2.34. The quantitative estimate of drug-likeness (QED) is 0.827. The number of nitrogens with one attached hydrogen (secondary N) is 1. The summed E-state index contributed by atoms with van der Waals surface area (Å²) in [6.45, 7) is 2.67. The van der Waals surface area contributed by atoms with Gasteiger partial charge in [-0.05, 0) is 50.5 Å². The standard InChI is InChI=1S/C14H17F3N2O/c1-10-4-2-3-9-19(10)13(20)18-12-7-5-11(6-8-12)14(15,16)17/h5-8,10H,2-4,9H2,1H3,(H,18,20)/t10-/m1/s1. The Morgan fingerprint density at radius 3 is 2.45 bits per heavy atom. The molecule has 1 heterocycles. The molecule has 0 aliphatic carbocycles. The van der Waals surface area contributed by atoms with E-state index in [4.69, 9.17) is 0 Å². The van der Waals surface area contributed by atoms with Crippen molar-refractivity contribution < 1.29 is 18.0 Å². The van der Waals surface area contributed by atoms with Crippen LogP contribution in [0.3, 0.4) is 0 Å². The Morgan fingerprint density at radius 2 is 1.90 bits per heavy atom. The summed E-state index contributed by atoms with van der Waals surface area (Å²) in [4.78, 5) is 13.8. The summed E-state index contributed by atoms with van der Waals surface area (Å²) in [5.41, 5.74) is -0.345. The highest BCUT2D eigenvalue weighted by Crippen LogP contribution is 2.30. The maximum absolute atomic E-state index is 12.4. The number of alkyl halides is 3. The molecule has 0 bridgehead atoms. The Kier molecular flexibility index (Phi) is 4.20. The molecule has 0 aromatic heterocycles. The Balaban J connectivity index is 2.01. The average molecular weight is 286 g/mol. The van der Waals surface area contributed by atoms with Crippen LogP contribution in [0.5, 0.6) is 0 Å². The maximum atomic E-state index is 12.4. The number of carbonyl (C=O) groups excluding carboxylic acids is 1. The third kappa shape index (κ3) is 3.43. The van der Waals surface area contributed by atoms with Gasteiger partial charge < -0.3 is 10.2 Å². The van der Waals surface area contributed by atoms with Gasteiger partial charge in [0.15, 0.2) is 0 Å². The first kappa shape index (κ1) is 14.7. The highest BCUT2D eigenvalue weighted by molar-refractivity contribution is 5.89. The van der Waals surface area contributed by atoms with E-state index in [0.717, 1.165) is 31.4 Å². The zero-order valence-corrected chi connectivity index (χ0v) is 11.2. The number of carbonyl (C=O) groups is 1. The number of benzene rings is 1. The van der Waals surface area contributed by atoms with E-state index in [0.29, 0.717) is 12.2 Å². The Bertz CT molecular complexity index is 470. The van der Waals surface area contributed by atoms with E-state index in [2.05, 4.69) is 5.32 Å². The number of piperidine rings is 1. The first-order valence-electron chi connectivity index (χ1n) is 6.63. The molecule has 0 spiro atoms. The molecule has 1 N–H and O–H groups in total. The van der Waals surface area contributed by atoms with Crippen molar-refractivity contribution in [2.24, 2.45) is 0 Å². The molecule has 0 saturated carbocycles. The molecule has 3 nitrogen and oxygen atoms in total. The lowest BCUT2D eigenvalue weighted by atomic mass is 10.0. The zero-order chi connectivity index (χ0) is 14.8. The van der Waals surface area contributed by atoms with Crippen LogP contribution >= 0.6 is 0 Å². The monoisotopic (exact) mass is 286 g/mol. The summed E-state index contributed by atoms with van der Waals surface area (Å²) >= 11 is 0. The molecule has 1 aromatic rings. The second-order valence-electron chi connectivity index (χ2n) is 5.04. The van der Waals surface area contributed by atoms with E-state index >= 15 is 0 Å². The molecule has 110 valence electrons. The highest BCUT2D eigenvalue weighted by Gasteiger charge is 2.30. The molecule has 6 heteroatoms. The number of urea groups is 1. The third-order valence-corrected chi connectivity index (χ3v) is 3.53. The average Bonchev–Trinajstić information content (AvgIpc) is 2.38. The van der Waals surface area contributed by atoms with E-state index < -0.39 is 11.7 Å². The molecule has 1 aromatic carbocycles. The number of amides is 2. The SMILES string of the molecule is C[C@@H]1CCCCN1C(=O)Nc1ccc(C(F)(F)F)cc1. The van der Waals surface area contributed by atoms with E-state index in [1.54, 1.807) is 4.90 Å². The minimum Gasteiger partial charge on any atom is -0.322 e. The van der Waals surface area contributed by atoms with Crippen LogP contribution in [0.25, 0.3) is 0 Å². The summed E-state index contributed by atoms with van der Waals surface area (Å²) in [6, 6.07) is 4.39. The van der Waals surface area contributed by atoms with Crippen LogP contribution in [0.4, 0.5) is 23.7 Å². The van der Waals surface area contributed by atoms with Crippen LogP contribution in [0.2, 0.25) is 0 Å². The number of halogens is 3. The van der Waals surface area contributed by atoms with Crippen molar-refractivity contribution in [3.63, 3.8) is 0 Å². The largest absolute Gasteiger partial charge is 0.416 e. The number of rotatable bonds is 1. The minimum atomic E-state index is -4.36. The fourth-order valence-corrected chi connectivity index (χ4v) is 2.34. The van der Waals surface area contributed by atoms with Gasteiger partial charge in [-0.1, -0.05) is 0 Å². The Morgan fingerprint density at radius 1 is 1.25 bits per heavy atom. The van der Waals surface area contributed by atoms with Crippen LogP contribution in [0.15, 0.2) is 24.3 Å². The lowest BCUT2D eigenvalue weighted by molar-refractivity contribution is -0.137. The van der Waals surface area contributed by atoms with Gasteiger partial charge in [0.1, 0.15) is 0 Å². The van der Waals surface area contributed by atoms with Crippen LogP contribution in [-0.4, -0.2) is 23.5 Å². The van der Waals surface area contributed by atoms with Gasteiger partial charge in [-0.3, -0.25) is 0 Å². The molecular formula is C14H17F3N2O. The van der Waals surface area contributed by atoms with Gasteiger partial charge >= 0.3 is 12.2 Å². The normalized spacial score (nSPS) is 19.8. The van der Waals surface area contributed by atoms with Crippen molar-refractivity contribution in [2.75, 3.05) is 11.9 Å². The van der Waals surface area contributed by atoms with Crippen LogP contribution in [-0.2, 0) is 6.18 Å². The van der Waals surface area contributed by atoms with E-state index in [9.17, 15) is 18.0 Å². The van der Waals surface area contributed by atoms with E-state index in [1.165, 1.54) is 12.1 Å². The fraction of sp³-hybridized carbons (Fsp3) is 0.500. The van der Waals surface area contributed by atoms with Crippen LogP contribution < -0.4 is 5.32 Å². The van der Waals surface area contributed by atoms with Crippen molar-refractivity contribution in [2.45, 2.75) is 38.4 Å². The van der Waals surface area contributed by atoms with E-state index in [-0.39, 0.29) is 12.1 Å². The highest BCUT2D eigenvalue weighted by atomic mass is 19.4. The second kappa shape index (κ2) is 5.73. The van der Waals surface area contributed by atoms with Crippen LogP contribution in [0, 0.1) is 0 Å². The first-order valence-corrected chi connectivity index (χ1v) is 6.63. The minimum absolute atomic E-state index is 0.165. The first-order chi connectivity index (χ1) is 9.38. The zero-order valence-electron chi connectivity index (χ0n) is 11.2. The predicted octanol–water partition coefficient (Wildman–Crippen LogP) is 4.11. The topological polar surface area (TPSA) is 32.3 Å². The molecule has 1 saturated heterocycles. The van der Waals surface area contributed by atoms with Gasteiger partial charge in [0.2, 0.25) is 0 Å². The van der Waals surface area contributed by atoms with Crippen molar-refractivity contribution in [1.82, 2.24) is 4.90 Å². The van der Waals surface area contributed by atoms with Crippen molar-refractivity contribution in [3.05, 3.63) is 29.8 Å². The number of likely N-dealkylation sites (tertiary alicyclic amines) is 1. The van der Waals surface area contributed by atoms with Crippen molar-refractivity contribution >= 4 is 11.7 Å². The Hall–Kier alpha value is -1.72. The molecule has 2 rings (SSSR count). The summed E-state index contributed by atoms with van der Waals surface area (Å²) in [6.07, 6.45) is -1.33.